The smallest absolute Gasteiger partial charge is 0.221 e. The molecular formula is C12H5ClF2N2O. The Morgan fingerprint density at radius 2 is 1.94 bits per heavy atom. The van der Waals surface area contributed by atoms with Gasteiger partial charge >= 0.3 is 0 Å². The summed E-state index contributed by atoms with van der Waals surface area (Å²) in [7, 11) is 0. The summed E-state index contributed by atoms with van der Waals surface area (Å²) >= 11 is 5.68. The van der Waals surface area contributed by atoms with E-state index in [0.29, 0.717) is 0 Å². The normalized spacial score (nSPS) is 9.89. The number of rotatable bonds is 2. The van der Waals surface area contributed by atoms with Gasteiger partial charge in [-0.25, -0.2) is 13.8 Å². The van der Waals surface area contributed by atoms with Gasteiger partial charge in [-0.2, -0.15) is 5.26 Å². The Balaban J connectivity index is 2.31. The standard InChI is InChI=1S/C12H5ClF2N2O/c13-11-3-7(6-16)4-12(17-11)18-8-1-2-9(14)10(15)5-8/h1-5H. The third-order valence-corrected chi connectivity index (χ3v) is 2.21. The number of hydrogen-bond acceptors (Lipinski definition) is 3. The lowest BCUT2D eigenvalue weighted by molar-refractivity contribution is 0.447. The molecule has 0 N–H and O–H groups in total. The fraction of sp³-hybridized carbons (Fsp3) is 0. The molecule has 0 saturated carbocycles. The number of halogens is 3. The van der Waals surface area contributed by atoms with Crippen LogP contribution < -0.4 is 4.74 Å². The van der Waals surface area contributed by atoms with Crippen molar-refractivity contribution in [1.29, 1.82) is 5.26 Å². The highest BCUT2D eigenvalue weighted by Crippen LogP contribution is 2.23. The van der Waals surface area contributed by atoms with Gasteiger partial charge in [-0.05, 0) is 18.2 Å². The number of pyridine rings is 1. The second kappa shape index (κ2) is 4.98. The molecule has 0 radical (unpaired) electrons. The van der Waals surface area contributed by atoms with Crippen LogP contribution >= 0.6 is 11.6 Å². The summed E-state index contributed by atoms with van der Waals surface area (Å²) in [5.41, 5.74) is 0.257. The van der Waals surface area contributed by atoms with Gasteiger partial charge in [0.2, 0.25) is 5.88 Å². The number of hydrogen-bond donors (Lipinski definition) is 0. The van der Waals surface area contributed by atoms with Crippen molar-refractivity contribution in [3.63, 3.8) is 0 Å². The minimum atomic E-state index is -1.03. The van der Waals surface area contributed by atoms with Crippen molar-refractivity contribution < 1.29 is 13.5 Å². The van der Waals surface area contributed by atoms with E-state index in [1.54, 1.807) is 0 Å². The van der Waals surface area contributed by atoms with Crippen molar-refractivity contribution in [3.8, 4) is 17.7 Å². The Morgan fingerprint density at radius 3 is 2.61 bits per heavy atom. The molecule has 0 bridgehead atoms. The first-order valence-corrected chi connectivity index (χ1v) is 5.17. The summed E-state index contributed by atoms with van der Waals surface area (Å²) in [6.45, 7) is 0. The molecule has 0 aliphatic carbocycles. The summed E-state index contributed by atoms with van der Waals surface area (Å²) in [4.78, 5) is 3.81. The average molecular weight is 267 g/mol. The number of ether oxygens (including phenoxy) is 1. The van der Waals surface area contributed by atoms with Gasteiger partial charge in [-0.1, -0.05) is 11.6 Å². The molecule has 2 rings (SSSR count). The fourth-order valence-corrected chi connectivity index (χ4v) is 1.45. The molecule has 3 nitrogen and oxygen atoms in total. The zero-order valence-corrected chi connectivity index (χ0v) is 9.58. The van der Waals surface area contributed by atoms with Gasteiger partial charge in [0.1, 0.15) is 10.9 Å². The van der Waals surface area contributed by atoms with Crippen molar-refractivity contribution in [2.24, 2.45) is 0 Å². The molecule has 0 fully saturated rings. The van der Waals surface area contributed by atoms with Crippen molar-refractivity contribution in [2.45, 2.75) is 0 Å². The Kier molecular flexibility index (Phi) is 3.40. The predicted octanol–water partition coefficient (Wildman–Crippen LogP) is 3.68. The number of aromatic nitrogens is 1. The van der Waals surface area contributed by atoms with Crippen LogP contribution in [-0.4, -0.2) is 4.98 Å². The van der Waals surface area contributed by atoms with E-state index in [1.807, 2.05) is 6.07 Å². The third-order valence-electron chi connectivity index (χ3n) is 2.01. The lowest BCUT2D eigenvalue weighted by Crippen LogP contribution is -1.91. The van der Waals surface area contributed by atoms with E-state index >= 15 is 0 Å². The van der Waals surface area contributed by atoms with Crippen molar-refractivity contribution in [2.75, 3.05) is 0 Å². The Morgan fingerprint density at radius 1 is 1.17 bits per heavy atom. The first-order chi connectivity index (χ1) is 8.58. The van der Waals surface area contributed by atoms with Crippen molar-refractivity contribution in [3.05, 3.63) is 52.7 Å². The number of nitrogens with zero attached hydrogens (tertiary/aromatic N) is 2. The fourth-order valence-electron chi connectivity index (χ4n) is 1.25. The van der Waals surface area contributed by atoms with Crippen LogP contribution in [-0.2, 0) is 0 Å². The summed E-state index contributed by atoms with van der Waals surface area (Å²) < 4.78 is 30.8. The van der Waals surface area contributed by atoms with E-state index in [1.165, 1.54) is 18.2 Å². The molecule has 0 amide bonds. The molecule has 18 heavy (non-hydrogen) atoms. The molecule has 0 unspecified atom stereocenters. The lowest BCUT2D eigenvalue weighted by atomic mass is 10.3. The average Bonchev–Trinajstić information content (AvgIpc) is 2.33. The Hall–Kier alpha value is -2.19. The van der Waals surface area contributed by atoms with Gasteiger partial charge in [0.05, 0.1) is 11.6 Å². The van der Waals surface area contributed by atoms with Crippen LogP contribution in [0.25, 0.3) is 0 Å². The summed E-state index contributed by atoms with van der Waals surface area (Å²) in [6, 6.07) is 7.63. The molecular weight excluding hydrogens is 262 g/mol. The highest BCUT2D eigenvalue weighted by atomic mass is 35.5. The SMILES string of the molecule is N#Cc1cc(Cl)nc(Oc2ccc(F)c(F)c2)c1. The zero-order valence-electron chi connectivity index (χ0n) is 8.82. The quantitative estimate of drug-likeness (QED) is 0.779. The molecule has 0 atom stereocenters. The van der Waals surface area contributed by atoms with Crippen LogP contribution in [0.4, 0.5) is 8.78 Å². The maximum atomic E-state index is 13.0. The lowest BCUT2D eigenvalue weighted by Gasteiger charge is -2.05. The minimum Gasteiger partial charge on any atom is -0.439 e. The van der Waals surface area contributed by atoms with Crippen LogP contribution in [0.1, 0.15) is 5.56 Å². The Labute approximate surface area is 106 Å². The molecule has 0 spiro atoms. The molecule has 1 aromatic heterocycles. The van der Waals surface area contributed by atoms with E-state index < -0.39 is 11.6 Å². The number of nitriles is 1. The monoisotopic (exact) mass is 266 g/mol. The molecule has 2 aromatic rings. The van der Waals surface area contributed by atoms with Crippen LogP contribution in [0.5, 0.6) is 11.6 Å². The first-order valence-electron chi connectivity index (χ1n) is 4.79. The largest absolute Gasteiger partial charge is 0.439 e. The maximum Gasteiger partial charge on any atom is 0.221 e. The van der Waals surface area contributed by atoms with E-state index in [2.05, 4.69) is 4.98 Å². The van der Waals surface area contributed by atoms with Gasteiger partial charge in [0.25, 0.3) is 0 Å². The summed E-state index contributed by atoms with van der Waals surface area (Å²) in [6.07, 6.45) is 0. The van der Waals surface area contributed by atoms with Gasteiger partial charge in [-0.3, -0.25) is 0 Å². The topological polar surface area (TPSA) is 45.9 Å². The Bertz CT molecular complexity index is 640. The third kappa shape index (κ3) is 2.73. The second-order valence-corrected chi connectivity index (χ2v) is 3.69. The van der Waals surface area contributed by atoms with Gasteiger partial charge in [-0.15, -0.1) is 0 Å². The minimum absolute atomic E-state index is 0.0325. The predicted molar refractivity (Wildman–Crippen MR) is 60.4 cm³/mol. The van der Waals surface area contributed by atoms with Gasteiger partial charge in [0, 0.05) is 12.1 Å². The van der Waals surface area contributed by atoms with E-state index in [4.69, 9.17) is 21.6 Å². The van der Waals surface area contributed by atoms with Crippen LogP contribution in [0.2, 0.25) is 5.15 Å². The molecule has 90 valence electrons. The molecule has 1 aromatic carbocycles. The van der Waals surface area contributed by atoms with Crippen LogP contribution in [0.3, 0.4) is 0 Å². The molecule has 0 aliphatic rings. The van der Waals surface area contributed by atoms with Gasteiger partial charge in [0.15, 0.2) is 11.6 Å². The van der Waals surface area contributed by atoms with Gasteiger partial charge < -0.3 is 4.74 Å². The zero-order chi connectivity index (χ0) is 13.1. The molecule has 0 aliphatic heterocycles. The maximum absolute atomic E-state index is 13.0. The van der Waals surface area contributed by atoms with E-state index in [9.17, 15) is 8.78 Å². The first kappa shape index (κ1) is 12.3. The van der Waals surface area contributed by atoms with E-state index in [-0.39, 0.29) is 22.3 Å². The highest BCUT2D eigenvalue weighted by Gasteiger charge is 2.07. The summed E-state index contributed by atoms with van der Waals surface area (Å²) in [5.74, 6) is -1.91. The highest BCUT2D eigenvalue weighted by molar-refractivity contribution is 6.29. The summed E-state index contributed by atoms with van der Waals surface area (Å²) in [5, 5.41) is 8.81. The number of benzene rings is 1. The molecule has 0 saturated heterocycles. The van der Waals surface area contributed by atoms with Crippen molar-refractivity contribution >= 4 is 11.6 Å². The van der Waals surface area contributed by atoms with Crippen molar-refractivity contribution in [1.82, 2.24) is 4.98 Å². The second-order valence-electron chi connectivity index (χ2n) is 3.31. The van der Waals surface area contributed by atoms with Crippen LogP contribution in [0, 0.1) is 23.0 Å². The molecule has 6 heteroatoms. The molecule has 1 heterocycles. The van der Waals surface area contributed by atoms with E-state index in [0.717, 1.165) is 12.1 Å². The van der Waals surface area contributed by atoms with Crippen LogP contribution in [0.15, 0.2) is 30.3 Å².